The van der Waals surface area contributed by atoms with Gasteiger partial charge in [-0.15, -0.1) is 11.3 Å². The zero-order chi connectivity index (χ0) is 21.1. The Morgan fingerprint density at radius 3 is 2.57 bits per heavy atom. The van der Waals surface area contributed by atoms with Gasteiger partial charge in [-0.3, -0.25) is 9.59 Å². The van der Waals surface area contributed by atoms with Crippen LogP contribution in [0.1, 0.15) is 40.9 Å². The first-order chi connectivity index (χ1) is 14.6. The molecular weight excluding hydrogens is 400 g/mol. The molecule has 0 spiro atoms. The Bertz CT molecular complexity index is 954. The average Bonchev–Trinajstić information content (AvgIpc) is 3.51. The fourth-order valence-corrected chi connectivity index (χ4v) is 5.17. The smallest absolute Gasteiger partial charge is 0.268 e. The van der Waals surface area contributed by atoms with Crippen molar-refractivity contribution in [3.63, 3.8) is 0 Å². The summed E-state index contributed by atoms with van der Waals surface area (Å²) < 4.78 is 10.5. The maximum atomic E-state index is 13.1. The summed E-state index contributed by atoms with van der Waals surface area (Å²) in [6.07, 6.45) is 6.41. The molecule has 0 radical (unpaired) electrons. The van der Waals surface area contributed by atoms with Crippen molar-refractivity contribution >= 4 is 29.2 Å². The minimum Gasteiger partial charge on any atom is -0.493 e. The monoisotopic (exact) mass is 426 g/mol. The fraction of sp³-hybridized carbons (Fsp3) is 0.391. The molecule has 158 valence electrons. The third-order valence-corrected chi connectivity index (χ3v) is 6.84. The van der Waals surface area contributed by atoms with E-state index in [9.17, 15) is 9.59 Å². The normalized spacial score (nSPS) is 22.6. The largest absolute Gasteiger partial charge is 0.493 e. The van der Waals surface area contributed by atoms with E-state index in [-0.39, 0.29) is 23.6 Å². The van der Waals surface area contributed by atoms with Gasteiger partial charge < -0.3 is 20.1 Å². The van der Waals surface area contributed by atoms with Gasteiger partial charge in [0, 0.05) is 16.5 Å². The molecule has 2 saturated carbocycles. The maximum Gasteiger partial charge on any atom is 0.268 e. The molecule has 0 saturated heterocycles. The van der Waals surface area contributed by atoms with Gasteiger partial charge in [0.2, 0.25) is 0 Å². The van der Waals surface area contributed by atoms with Crippen molar-refractivity contribution in [3.8, 4) is 11.5 Å². The first-order valence-corrected chi connectivity index (χ1v) is 11.0. The number of hydrogen-bond acceptors (Lipinski definition) is 5. The van der Waals surface area contributed by atoms with Crippen molar-refractivity contribution in [1.29, 1.82) is 0 Å². The molecular formula is C23H26N2O4S. The highest BCUT2D eigenvalue weighted by atomic mass is 32.1. The van der Waals surface area contributed by atoms with E-state index in [0.29, 0.717) is 23.0 Å². The summed E-state index contributed by atoms with van der Waals surface area (Å²) in [5.41, 5.74) is 0.637. The number of ether oxygens (including phenoxy) is 2. The Morgan fingerprint density at radius 2 is 1.93 bits per heavy atom. The number of thiophene rings is 1. The van der Waals surface area contributed by atoms with Crippen LogP contribution in [0.15, 0.2) is 41.4 Å². The molecule has 0 unspecified atom stereocenters. The van der Waals surface area contributed by atoms with Crippen molar-refractivity contribution in [2.24, 2.45) is 11.8 Å². The van der Waals surface area contributed by atoms with E-state index in [2.05, 4.69) is 10.6 Å². The lowest BCUT2D eigenvalue weighted by molar-refractivity contribution is -0.118. The standard InChI is InChI=1S/C23H26N2O4S/c1-28-20-8-7-16(12-21(20)29-2)22(26)25-19(13-17-4-3-9-30-17)23(27)24-18-11-14-5-6-15(18)10-14/h3-4,7-9,12-15,18H,5-6,10-11H2,1-2H3,(H,24,27)(H,25,26)/b19-13-/t14-,15+,18+/m0/s1. The van der Waals surface area contributed by atoms with Crippen LogP contribution < -0.4 is 20.1 Å². The van der Waals surface area contributed by atoms with Gasteiger partial charge in [0.15, 0.2) is 11.5 Å². The maximum absolute atomic E-state index is 13.1. The Balaban J connectivity index is 1.53. The molecule has 2 bridgehead atoms. The second kappa shape index (κ2) is 8.92. The molecule has 1 heterocycles. The molecule has 2 aliphatic carbocycles. The molecule has 4 rings (SSSR count). The molecule has 2 amide bonds. The molecule has 3 atom stereocenters. The third-order valence-electron chi connectivity index (χ3n) is 6.02. The first-order valence-electron chi connectivity index (χ1n) is 10.2. The summed E-state index contributed by atoms with van der Waals surface area (Å²) in [6.45, 7) is 0. The van der Waals surface area contributed by atoms with E-state index in [1.807, 2.05) is 17.5 Å². The fourth-order valence-electron chi connectivity index (χ4n) is 4.51. The highest BCUT2D eigenvalue weighted by Crippen LogP contribution is 2.44. The number of amides is 2. The molecule has 6 nitrogen and oxygen atoms in total. The number of fused-ring (bicyclic) bond motifs is 2. The lowest BCUT2D eigenvalue weighted by atomic mass is 9.95. The zero-order valence-corrected chi connectivity index (χ0v) is 18.0. The van der Waals surface area contributed by atoms with Gasteiger partial charge in [-0.25, -0.2) is 0 Å². The Morgan fingerprint density at radius 1 is 1.10 bits per heavy atom. The minimum absolute atomic E-state index is 0.195. The van der Waals surface area contributed by atoms with Gasteiger partial charge >= 0.3 is 0 Å². The van der Waals surface area contributed by atoms with E-state index in [1.165, 1.54) is 37.7 Å². The van der Waals surface area contributed by atoms with E-state index in [1.54, 1.807) is 31.4 Å². The number of methoxy groups -OCH3 is 2. The molecule has 2 aliphatic rings. The van der Waals surface area contributed by atoms with Crippen molar-refractivity contribution < 1.29 is 19.1 Å². The number of benzene rings is 1. The summed E-state index contributed by atoms with van der Waals surface area (Å²) in [7, 11) is 3.06. The molecule has 1 aromatic heterocycles. The Hall–Kier alpha value is -2.80. The van der Waals surface area contributed by atoms with Crippen molar-refractivity contribution in [3.05, 3.63) is 51.8 Å². The van der Waals surface area contributed by atoms with Crippen LogP contribution in [0.2, 0.25) is 0 Å². The molecule has 0 aliphatic heterocycles. The van der Waals surface area contributed by atoms with Crippen molar-refractivity contribution in [1.82, 2.24) is 10.6 Å². The molecule has 2 fully saturated rings. The van der Waals surface area contributed by atoms with Gasteiger partial charge in [0.1, 0.15) is 5.70 Å². The SMILES string of the molecule is COc1ccc(C(=O)N/C(=C\c2cccs2)C(=O)N[C@@H]2C[C@H]3CC[C@@H]2C3)cc1OC. The van der Waals surface area contributed by atoms with Gasteiger partial charge in [-0.2, -0.15) is 0 Å². The second-order valence-corrected chi connectivity index (χ2v) is 8.83. The third kappa shape index (κ3) is 4.36. The van der Waals surface area contributed by atoms with Crippen molar-refractivity contribution in [2.45, 2.75) is 31.7 Å². The lowest BCUT2D eigenvalue weighted by Gasteiger charge is -2.23. The van der Waals surface area contributed by atoms with Crippen LogP contribution >= 0.6 is 11.3 Å². The van der Waals surface area contributed by atoms with Gasteiger partial charge in [0.25, 0.3) is 11.8 Å². The number of nitrogens with one attached hydrogen (secondary N) is 2. The molecule has 1 aromatic carbocycles. The van der Waals surface area contributed by atoms with Crippen LogP contribution in [-0.2, 0) is 4.79 Å². The van der Waals surface area contributed by atoms with Gasteiger partial charge in [-0.05, 0) is 66.8 Å². The average molecular weight is 427 g/mol. The Labute approximate surface area is 180 Å². The number of rotatable bonds is 7. The molecule has 30 heavy (non-hydrogen) atoms. The summed E-state index contributed by atoms with van der Waals surface area (Å²) in [4.78, 5) is 26.9. The summed E-state index contributed by atoms with van der Waals surface area (Å²) in [5.74, 6) is 1.67. The number of carbonyl (C=O) groups excluding carboxylic acids is 2. The number of carbonyl (C=O) groups is 2. The number of hydrogen-bond donors (Lipinski definition) is 2. The zero-order valence-electron chi connectivity index (χ0n) is 17.1. The van der Waals surface area contributed by atoms with E-state index in [4.69, 9.17) is 9.47 Å². The Kier molecular flexibility index (Phi) is 6.08. The van der Waals surface area contributed by atoms with E-state index in [0.717, 1.165) is 17.2 Å². The van der Waals surface area contributed by atoms with Crippen LogP contribution in [-0.4, -0.2) is 32.1 Å². The van der Waals surface area contributed by atoms with Crippen LogP contribution in [0, 0.1) is 11.8 Å². The highest BCUT2D eigenvalue weighted by molar-refractivity contribution is 7.10. The lowest BCUT2D eigenvalue weighted by Crippen LogP contribution is -2.42. The minimum atomic E-state index is -0.373. The predicted octanol–water partition coefficient (Wildman–Crippen LogP) is 3.84. The molecule has 2 N–H and O–H groups in total. The van der Waals surface area contributed by atoms with Crippen molar-refractivity contribution in [2.75, 3.05) is 14.2 Å². The molecule has 7 heteroatoms. The quantitative estimate of drug-likeness (QED) is 0.660. The molecule has 2 aromatic rings. The van der Waals surface area contributed by atoms with Crippen LogP contribution in [0.5, 0.6) is 11.5 Å². The van der Waals surface area contributed by atoms with Gasteiger partial charge in [-0.1, -0.05) is 12.5 Å². The summed E-state index contributed by atoms with van der Waals surface area (Å²) >= 11 is 1.51. The van der Waals surface area contributed by atoms with Gasteiger partial charge in [0.05, 0.1) is 14.2 Å². The highest BCUT2D eigenvalue weighted by Gasteiger charge is 2.40. The van der Waals surface area contributed by atoms with E-state index >= 15 is 0 Å². The second-order valence-electron chi connectivity index (χ2n) is 7.85. The first kappa shape index (κ1) is 20.5. The predicted molar refractivity (Wildman–Crippen MR) is 117 cm³/mol. The summed E-state index contributed by atoms with van der Waals surface area (Å²) in [6, 6.07) is 8.95. The topological polar surface area (TPSA) is 76.7 Å². The van der Waals surface area contributed by atoms with Crippen LogP contribution in [0.4, 0.5) is 0 Å². The van der Waals surface area contributed by atoms with Crippen LogP contribution in [0.25, 0.3) is 6.08 Å². The van der Waals surface area contributed by atoms with Crippen LogP contribution in [0.3, 0.4) is 0 Å². The summed E-state index contributed by atoms with van der Waals surface area (Å²) in [5, 5.41) is 7.89. The van der Waals surface area contributed by atoms with E-state index < -0.39 is 0 Å².